The number of carbonyl (C=O) groups is 3. The van der Waals surface area contributed by atoms with Crippen LogP contribution in [0.15, 0.2) is 42.5 Å². The SMILES string of the molecule is CC1(c2ccccc2Cl)NC(=O)N(CC(=O)Nc2ccc(F)c(Cl)c2)C1=O. The molecular formula is C18H14Cl2FN3O3. The maximum atomic E-state index is 13.2. The van der Waals surface area contributed by atoms with E-state index in [1.807, 2.05) is 0 Å². The first-order valence-corrected chi connectivity index (χ1v) is 8.62. The average molecular weight is 410 g/mol. The van der Waals surface area contributed by atoms with Gasteiger partial charge in [-0.25, -0.2) is 9.18 Å². The zero-order chi connectivity index (χ0) is 19.8. The largest absolute Gasteiger partial charge is 0.325 e. The Hall–Kier alpha value is -2.64. The lowest BCUT2D eigenvalue weighted by Crippen LogP contribution is -2.42. The van der Waals surface area contributed by atoms with Gasteiger partial charge in [-0.3, -0.25) is 14.5 Å². The molecule has 1 fully saturated rings. The molecule has 1 heterocycles. The van der Waals surface area contributed by atoms with Crippen molar-refractivity contribution >= 4 is 46.7 Å². The average Bonchev–Trinajstić information content (AvgIpc) is 2.82. The van der Waals surface area contributed by atoms with Gasteiger partial charge in [0.05, 0.1) is 5.02 Å². The second-order valence-electron chi connectivity index (χ2n) is 6.10. The van der Waals surface area contributed by atoms with Gasteiger partial charge in [0, 0.05) is 16.3 Å². The van der Waals surface area contributed by atoms with Crippen LogP contribution in [0.4, 0.5) is 14.9 Å². The normalized spacial score (nSPS) is 19.2. The highest BCUT2D eigenvalue weighted by atomic mass is 35.5. The summed E-state index contributed by atoms with van der Waals surface area (Å²) < 4.78 is 13.2. The minimum atomic E-state index is -1.38. The summed E-state index contributed by atoms with van der Waals surface area (Å²) >= 11 is 11.8. The Kier molecular flexibility index (Phi) is 5.08. The van der Waals surface area contributed by atoms with Crippen LogP contribution in [0.3, 0.4) is 0 Å². The van der Waals surface area contributed by atoms with E-state index in [-0.39, 0.29) is 10.7 Å². The molecule has 140 valence electrons. The summed E-state index contributed by atoms with van der Waals surface area (Å²) in [6.45, 7) is 1.01. The number of urea groups is 1. The first kappa shape index (κ1) is 19.1. The van der Waals surface area contributed by atoms with Crippen LogP contribution in [0.2, 0.25) is 10.0 Å². The predicted octanol–water partition coefficient (Wildman–Crippen LogP) is 3.54. The Morgan fingerprint density at radius 1 is 1.19 bits per heavy atom. The molecule has 2 N–H and O–H groups in total. The number of nitrogens with one attached hydrogen (secondary N) is 2. The van der Waals surface area contributed by atoms with Crippen LogP contribution in [0.5, 0.6) is 0 Å². The van der Waals surface area contributed by atoms with E-state index in [0.717, 1.165) is 11.0 Å². The van der Waals surface area contributed by atoms with E-state index < -0.39 is 35.7 Å². The summed E-state index contributed by atoms with van der Waals surface area (Å²) in [5, 5.41) is 5.20. The van der Waals surface area contributed by atoms with E-state index in [4.69, 9.17) is 23.2 Å². The van der Waals surface area contributed by atoms with E-state index in [1.165, 1.54) is 19.1 Å². The maximum absolute atomic E-state index is 13.2. The molecule has 1 unspecified atom stereocenters. The Morgan fingerprint density at radius 2 is 1.89 bits per heavy atom. The van der Waals surface area contributed by atoms with Crippen LogP contribution in [0, 0.1) is 5.82 Å². The molecule has 0 bridgehead atoms. The Morgan fingerprint density at radius 3 is 2.56 bits per heavy atom. The first-order valence-electron chi connectivity index (χ1n) is 7.86. The molecule has 9 heteroatoms. The number of imide groups is 1. The number of hydrogen-bond acceptors (Lipinski definition) is 3. The Balaban J connectivity index is 1.76. The third kappa shape index (κ3) is 3.61. The van der Waals surface area contributed by atoms with Gasteiger partial charge in [0.1, 0.15) is 17.9 Å². The van der Waals surface area contributed by atoms with Gasteiger partial charge in [0.25, 0.3) is 5.91 Å². The number of rotatable bonds is 4. The molecule has 4 amide bonds. The molecule has 0 aromatic heterocycles. The summed E-state index contributed by atoms with van der Waals surface area (Å²) in [4.78, 5) is 38.1. The summed E-state index contributed by atoms with van der Waals surface area (Å²) in [6.07, 6.45) is 0. The van der Waals surface area contributed by atoms with Crippen molar-refractivity contribution < 1.29 is 18.8 Å². The molecule has 0 spiro atoms. The van der Waals surface area contributed by atoms with Gasteiger partial charge in [-0.15, -0.1) is 0 Å². The predicted molar refractivity (Wildman–Crippen MR) is 99.1 cm³/mol. The minimum Gasteiger partial charge on any atom is -0.324 e. The third-order valence-electron chi connectivity index (χ3n) is 4.19. The molecular weight excluding hydrogens is 396 g/mol. The zero-order valence-electron chi connectivity index (χ0n) is 14.1. The lowest BCUT2D eigenvalue weighted by molar-refractivity contribution is -0.133. The highest BCUT2D eigenvalue weighted by molar-refractivity contribution is 6.32. The van der Waals surface area contributed by atoms with Crippen LogP contribution in [0.1, 0.15) is 12.5 Å². The topological polar surface area (TPSA) is 78.5 Å². The van der Waals surface area contributed by atoms with E-state index in [1.54, 1.807) is 24.3 Å². The Labute approximate surface area is 164 Å². The lowest BCUT2D eigenvalue weighted by Gasteiger charge is -2.23. The van der Waals surface area contributed by atoms with Crippen LogP contribution < -0.4 is 10.6 Å². The van der Waals surface area contributed by atoms with Gasteiger partial charge in [-0.05, 0) is 31.2 Å². The molecule has 1 aliphatic heterocycles. The second kappa shape index (κ2) is 7.17. The van der Waals surface area contributed by atoms with Crippen LogP contribution in [0.25, 0.3) is 0 Å². The van der Waals surface area contributed by atoms with Crippen molar-refractivity contribution in [2.45, 2.75) is 12.5 Å². The summed E-state index contributed by atoms with van der Waals surface area (Å²) in [6, 6.07) is 9.57. The highest BCUT2D eigenvalue weighted by Crippen LogP contribution is 2.33. The van der Waals surface area contributed by atoms with Gasteiger partial charge in [0.2, 0.25) is 5.91 Å². The van der Waals surface area contributed by atoms with Crippen LogP contribution in [-0.4, -0.2) is 29.3 Å². The molecule has 3 rings (SSSR count). The fraction of sp³-hybridized carbons (Fsp3) is 0.167. The summed E-state index contributed by atoms with van der Waals surface area (Å²) in [7, 11) is 0. The number of hydrogen-bond donors (Lipinski definition) is 2. The summed E-state index contributed by atoms with van der Waals surface area (Å²) in [5.41, 5.74) is -0.708. The fourth-order valence-electron chi connectivity index (χ4n) is 2.81. The van der Waals surface area contributed by atoms with E-state index in [2.05, 4.69) is 10.6 Å². The summed E-state index contributed by atoms with van der Waals surface area (Å²) in [5.74, 6) is -1.86. The van der Waals surface area contributed by atoms with E-state index in [9.17, 15) is 18.8 Å². The van der Waals surface area contributed by atoms with Gasteiger partial charge in [-0.1, -0.05) is 41.4 Å². The lowest BCUT2D eigenvalue weighted by atomic mass is 9.92. The number of halogens is 3. The fourth-order valence-corrected chi connectivity index (χ4v) is 3.31. The van der Waals surface area contributed by atoms with Gasteiger partial charge in [0.15, 0.2) is 0 Å². The van der Waals surface area contributed by atoms with Crippen LogP contribution in [-0.2, 0) is 15.1 Å². The zero-order valence-corrected chi connectivity index (χ0v) is 15.6. The number of carbonyl (C=O) groups excluding carboxylic acids is 3. The van der Waals surface area contributed by atoms with Crippen molar-refractivity contribution in [3.05, 3.63) is 63.9 Å². The van der Waals surface area contributed by atoms with Gasteiger partial charge < -0.3 is 10.6 Å². The molecule has 0 saturated carbocycles. The van der Waals surface area contributed by atoms with Crippen molar-refractivity contribution in [3.8, 4) is 0 Å². The van der Waals surface area contributed by atoms with Crippen molar-refractivity contribution in [1.82, 2.24) is 10.2 Å². The highest BCUT2D eigenvalue weighted by Gasteiger charge is 2.50. The standard InChI is InChI=1S/C18H14Cl2FN3O3/c1-18(11-4-2-3-5-12(11)19)16(26)24(17(27)23-18)9-15(25)22-10-6-7-14(21)13(20)8-10/h2-8H,9H2,1H3,(H,22,25)(H,23,27). The molecule has 6 nitrogen and oxygen atoms in total. The molecule has 2 aromatic rings. The van der Waals surface area contributed by atoms with E-state index in [0.29, 0.717) is 10.6 Å². The number of anilines is 1. The molecule has 1 atom stereocenters. The van der Waals surface area contributed by atoms with Crippen molar-refractivity contribution in [2.75, 3.05) is 11.9 Å². The molecule has 0 radical (unpaired) electrons. The molecule has 1 saturated heterocycles. The molecule has 2 aromatic carbocycles. The maximum Gasteiger partial charge on any atom is 0.325 e. The number of nitrogens with zero attached hydrogens (tertiary/aromatic N) is 1. The third-order valence-corrected chi connectivity index (χ3v) is 4.81. The van der Waals surface area contributed by atoms with Crippen LogP contribution >= 0.6 is 23.2 Å². The number of amides is 4. The first-order chi connectivity index (χ1) is 12.7. The quantitative estimate of drug-likeness (QED) is 0.757. The monoisotopic (exact) mass is 409 g/mol. The molecule has 1 aliphatic rings. The smallest absolute Gasteiger partial charge is 0.324 e. The Bertz CT molecular complexity index is 953. The minimum absolute atomic E-state index is 0.158. The van der Waals surface area contributed by atoms with Crippen molar-refractivity contribution in [3.63, 3.8) is 0 Å². The van der Waals surface area contributed by atoms with Gasteiger partial charge >= 0.3 is 6.03 Å². The van der Waals surface area contributed by atoms with E-state index >= 15 is 0 Å². The molecule has 0 aliphatic carbocycles. The van der Waals surface area contributed by atoms with Gasteiger partial charge in [-0.2, -0.15) is 0 Å². The molecule has 27 heavy (non-hydrogen) atoms. The van der Waals surface area contributed by atoms with Crippen molar-refractivity contribution in [2.24, 2.45) is 0 Å². The number of benzene rings is 2. The van der Waals surface area contributed by atoms with Crippen molar-refractivity contribution in [1.29, 1.82) is 0 Å². The second-order valence-corrected chi connectivity index (χ2v) is 6.92.